The first-order valence-corrected chi connectivity index (χ1v) is 9.14. The zero-order valence-electron chi connectivity index (χ0n) is 15.4. The Morgan fingerprint density at radius 3 is 2.61 bits per heavy atom. The molecular formula is C21H21N5O2. The van der Waals surface area contributed by atoms with E-state index in [2.05, 4.69) is 11.3 Å². The Labute approximate surface area is 163 Å². The lowest BCUT2D eigenvalue weighted by atomic mass is 10.1. The molecular weight excluding hydrogens is 354 g/mol. The van der Waals surface area contributed by atoms with Crippen molar-refractivity contribution < 1.29 is 9.47 Å². The molecule has 1 aliphatic rings. The maximum Gasteiger partial charge on any atom is 0.179 e. The summed E-state index contributed by atoms with van der Waals surface area (Å²) in [5.41, 5.74) is 7.92. The molecule has 2 N–H and O–H groups in total. The van der Waals surface area contributed by atoms with E-state index in [0.717, 1.165) is 22.8 Å². The van der Waals surface area contributed by atoms with Crippen molar-refractivity contribution >= 4 is 5.82 Å². The lowest BCUT2D eigenvalue weighted by Gasteiger charge is -2.19. The summed E-state index contributed by atoms with van der Waals surface area (Å²) in [6.07, 6.45) is 2.19. The molecule has 1 aliphatic heterocycles. The first kappa shape index (κ1) is 17.9. The Balaban J connectivity index is 1.52. The minimum Gasteiger partial charge on any atom is -0.457 e. The first-order chi connectivity index (χ1) is 13.7. The number of para-hydroxylation sites is 1. The van der Waals surface area contributed by atoms with E-state index in [0.29, 0.717) is 32.1 Å². The number of nitriles is 1. The van der Waals surface area contributed by atoms with Crippen molar-refractivity contribution in [3.63, 3.8) is 0 Å². The van der Waals surface area contributed by atoms with Crippen LogP contribution in [-0.4, -0.2) is 41.0 Å². The molecule has 2 heterocycles. The topological polar surface area (TPSA) is 89.3 Å². The summed E-state index contributed by atoms with van der Waals surface area (Å²) >= 11 is 0. The van der Waals surface area contributed by atoms with Crippen molar-refractivity contribution in [2.24, 2.45) is 0 Å². The highest BCUT2D eigenvalue weighted by Crippen LogP contribution is 2.27. The second kappa shape index (κ2) is 8.03. The fraction of sp³-hybridized carbons (Fsp3) is 0.238. The lowest BCUT2D eigenvalue weighted by Crippen LogP contribution is -2.28. The number of nitrogens with zero attached hydrogens (tertiary/aromatic N) is 4. The van der Waals surface area contributed by atoms with Gasteiger partial charge < -0.3 is 20.1 Å². The summed E-state index contributed by atoms with van der Waals surface area (Å²) in [6, 6.07) is 19.1. The third-order valence-corrected chi connectivity index (χ3v) is 4.63. The summed E-state index contributed by atoms with van der Waals surface area (Å²) in [7, 11) is 0. The predicted octanol–water partition coefficient (Wildman–Crippen LogP) is 3.28. The van der Waals surface area contributed by atoms with Crippen LogP contribution in [0.2, 0.25) is 0 Å². The van der Waals surface area contributed by atoms with E-state index in [1.165, 1.54) is 0 Å². The number of hydrogen-bond donors (Lipinski definition) is 1. The quantitative estimate of drug-likeness (QED) is 0.704. The van der Waals surface area contributed by atoms with E-state index in [1.54, 1.807) is 9.58 Å². The molecule has 1 fully saturated rings. The summed E-state index contributed by atoms with van der Waals surface area (Å²) < 4.78 is 13.2. The highest BCUT2D eigenvalue weighted by Gasteiger charge is 2.22. The van der Waals surface area contributed by atoms with Crippen LogP contribution >= 0.6 is 0 Å². The molecule has 4 rings (SSSR count). The number of ether oxygens (including phenoxy) is 2. The fourth-order valence-electron chi connectivity index (χ4n) is 3.19. The monoisotopic (exact) mass is 375 g/mol. The van der Waals surface area contributed by atoms with E-state index in [9.17, 15) is 5.26 Å². The minimum atomic E-state index is -0.100. The molecule has 28 heavy (non-hydrogen) atoms. The molecule has 0 spiro atoms. The van der Waals surface area contributed by atoms with Crippen LogP contribution < -0.4 is 10.5 Å². The van der Waals surface area contributed by atoms with Gasteiger partial charge in [0.05, 0.1) is 38.0 Å². The van der Waals surface area contributed by atoms with E-state index >= 15 is 0 Å². The van der Waals surface area contributed by atoms with Gasteiger partial charge in [-0.05, 0) is 36.4 Å². The Kier molecular flexibility index (Phi) is 5.13. The zero-order valence-corrected chi connectivity index (χ0v) is 15.4. The number of nitrogen functional groups attached to an aromatic ring is 1. The van der Waals surface area contributed by atoms with Crippen LogP contribution in [0.1, 0.15) is 6.04 Å². The molecule has 0 aliphatic carbocycles. The van der Waals surface area contributed by atoms with E-state index in [1.807, 2.05) is 60.7 Å². The van der Waals surface area contributed by atoms with Gasteiger partial charge in [0.25, 0.3) is 0 Å². The minimum absolute atomic E-state index is 0.100. The van der Waals surface area contributed by atoms with E-state index < -0.39 is 0 Å². The fourth-order valence-corrected chi connectivity index (χ4v) is 3.19. The average Bonchev–Trinajstić information content (AvgIpc) is 2.96. The Bertz CT molecular complexity index is 963. The van der Waals surface area contributed by atoms with Gasteiger partial charge in [-0.1, -0.05) is 18.2 Å². The molecule has 2 aromatic carbocycles. The van der Waals surface area contributed by atoms with Crippen LogP contribution in [-0.2, 0) is 4.74 Å². The van der Waals surface area contributed by atoms with Crippen LogP contribution in [0.25, 0.3) is 11.3 Å². The third kappa shape index (κ3) is 3.92. The number of hydrogen-bond acceptors (Lipinski definition) is 6. The van der Waals surface area contributed by atoms with Gasteiger partial charge in [0, 0.05) is 11.6 Å². The van der Waals surface area contributed by atoms with Crippen molar-refractivity contribution in [1.29, 1.82) is 5.26 Å². The molecule has 3 aromatic rings. The predicted molar refractivity (Wildman–Crippen MR) is 106 cm³/mol. The van der Waals surface area contributed by atoms with Crippen molar-refractivity contribution in [3.05, 3.63) is 60.7 Å². The number of rotatable bonds is 4. The van der Waals surface area contributed by atoms with E-state index in [-0.39, 0.29) is 6.04 Å². The molecule has 1 saturated heterocycles. The highest BCUT2D eigenvalue weighted by molar-refractivity contribution is 5.63. The van der Waals surface area contributed by atoms with Gasteiger partial charge in [-0.15, -0.1) is 0 Å². The maximum atomic E-state index is 9.21. The number of anilines is 1. The van der Waals surface area contributed by atoms with Crippen molar-refractivity contribution in [2.45, 2.75) is 6.04 Å². The molecule has 0 bridgehead atoms. The highest BCUT2D eigenvalue weighted by atomic mass is 16.5. The molecule has 0 amide bonds. The van der Waals surface area contributed by atoms with Crippen LogP contribution in [0.4, 0.5) is 5.82 Å². The molecule has 142 valence electrons. The van der Waals surface area contributed by atoms with Gasteiger partial charge >= 0.3 is 0 Å². The molecule has 0 radical (unpaired) electrons. The van der Waals surface area contributed by atoms with Crippen molar-refractivity contribution in [3.8, 4) is 28.9 Å². The van der Waals surface area contributed by atoms with Gasteiger partial charge in [0.2, 0.25) is 0 Å². The van der Waals surface area contributed by atoms with Gasteiger partial charge in [0.15, 0.2) is 6.19 Å². The first-order valence-electron chi connectivity index (χ1n) is 9.14. The van der Waals surface area contributed by atoms with Crippen molar-refractivity contribution in [2.75, 3.05) is 32.0 Å². The van der Waals surface area contributed by atoms with Crippen molar-refractivity contribution in [1.82, 2.24) is 14.7 Å². The summed E-state index contributed by atoms with van der Waals surface area (Å²) in [6.45, 7) is 2.13. The van der Waals surface area contributed by atoms with Gasteiger partial charge in [-0.2, -0.15) is 10.4 Å². The smallest absolute Gasteiger partial charge is 0.179 e. The third-order valence-electron chi connectivity index (χ3n) is 4.63. The normalized spacial score (nSPS) is 17.0. The Morgan fingerprint density at radius 2 is 1.86 bits per heavy atom. The Morgan fingerprint density at radius 1 is 1.11 bits per heavy atom. The summed E-state index contributed by atoms with van der Waals surface area (Å²) in [5, 5.41) is 13.9. The number of benzene rings is 2. The molecule has 0 saturated carbocycles. The number of nitrogens with two attached hydrogens (primary N) is 1. The summed E-state index contributed by atoms with van der Waals surface area (Å²) in [4.78, 5) is 1.67. The van der Waals surface area contributed by atoms with Crippen LogP contribution in [0.15, 0.2) is 60.7 Å². The average molecular weight is 375 g/mol. The van der Waals surface area contributed by atoms with Crippen LogP contribution in [0, 0.1) is 11.5 Å². The SMILES string of the molecule is N#CN1CCOCC(n2nc(-c3ccc(Oc4ccccc4)cc3)cc2N)C1. The van der Waals surface area contributed by atoms with Gasteiger partial charge in [-0.25, -0.2) is 4.68 Å². The second-order valence-electron chi connectivity index (χ2n) is 6.61. The van der Waals surface area contributed by atoms with Gasteiger partial charge in [-0.3, -0.25) is 0 Å². The number of aromatic nitrogens is 2. The van der Waals surface area contributed by atoms with Crippen LogP contribution in [0.3, 0.4) is 0 Å². The molecule has 7 nitrogen and oxygen atoms in total. The summed E-state index contributed by atoms with van der Waals surface area (Å²) in [5.74, 6) is 2.09. The molecule has 1 unspecified atom stereocenters. The van der Waals surface area contributed by atoms with E-state index in [4.69, 9.17) is 15.2 Å². The molecule has 1 aromatic heterocycles. The van der Waals surface area contributed by atoms with Gasteiger partial charge in [0.1, 0.15) is 17.3 Å². The standard InChI is InChI=1S/C21H21N5O2/c22-15-25-10-11-27-14-17(13-25)26-21(23)12-20(24-26)16-6-8-19(9-7-16)28-18-4-2-1-3-5-18/h1-9,12,17H,10-11,13-14,23H2. The van der Waals surface area contributed by atoms with Crippen LogP contribution in [0.5, 0.6) is 11.5 Å². The molecule has 1 atom stereocenters. The largest absolute Gasteiger partial charge is 0.457 e. The zero-order chi connectivity index (χ0) is 19.3. The maximum absolute atomic E-state index is 9.21. The second-order valence-corrected chi connectivity index (χ2v) is 6.61. The Hall–Kier alpha value is -3.50. The molecule has 7 heteroatoms. The lowest BCUT2D eigenvalue weighted by molar-refractivity contribution is 0.122.